The lowest BCUT2D eigenvalue weighted by Crippen LogP contribution is -2.38. The smallest absolute Gasteiger partial charge is 0.251 e. The number of amides is 1. The molecule has 5 heteroatoms. The lowest BCUT2D eigenvalue weighted by molar-refractivity contribution is -0.142. The summed E-state index contributed by atoms with van der Waals surface area (Å²) in [5.74, 6) is 0.717. The maximum Gasteiger partial charge on any atom is 0.251 e. The summed E-state index contributed by atoms with van der Waals surface area (Å²) in [7, 11) is 3.30. The van der Waals surface area contributed by atoms with Gasteiger partial charge in [0.25, 0.3) is 5.91 Å². The fourth-order valence-corrected chi connectivity index (χ4v) is 2.27. The highest BCUT2D eigenvalue weighted by atomic mass is 16.5. The van der Waals surface area contributed by atoms with E-state index in [0.717, 1.165) is 0 Å². The van der Waals surface area contributed by atoms with E-state index in [9.17, 15) is 4.79 Å². The van der Waals surface area contributed by atoms with E-state index in [0.29, 0.717) is 25.6 Å². The molecule has 2 rings (SSSR count). The Labute approximate surface area is 108 Å². The molecule has 1 amide bonds. The summed E-state index contributed by atoms with van der Waals surface area (Å²) in [6.07, 6.45) is 2.05. The van der Waals surface area contributed by atoms with Gasteiger partial charge in [-0.3, -0.25) is 4.79 Å². The van der Waals surface area contributed by atoms with Crippen molar-refractivity contribution in [3.05, 3.63) is 0 Å². The van der Waals surface area contributed by atoms with Crippen LogP contribution in [0.5, 0.6) is 0 Å². The SMILES string of the molecule is CO[C@H]1CN(C(=O)C(C)OCC2CC2)C[C@H]1OC. The van der Waals surface area contributed by atoms with Gasteiger partial charge in [0, 0.05) is 27.3 Å². The van der Waals surface area contributed by atoms with Crippen LogP contribution in [0.4, 0.5) is 0 Å². The molecule has 1 aliphatic heterocycles. The van der Waals surface area contributed by atoms with E-state index in [1.54, 1.807) is 19.1 Å². The Morgan fingerprint density at radius 2 is 1.78 bits per heavy atom. The lowest BCUT2D eigenvalue weighted by Gasteiger charge is -2.20. The first-order valence-electron chi connectivity index (χ1n) is 6.61. The van der Waals surface area contributed by atoms with Crippen LogP contribution < -0.4 is 0 Å². The minimum atomic E-state index is -0.362. The second-order valence-electron chi connectivity index (χ2n) is 5.21. The van der Waals surface area contributed by atoms with Gasteiger partial charge in [-0.25, -0.2) is 0 Å². The summed E-state index contributed by atoms with van der Waals surface area (Å²) < 4.78 is 16.3. The third-order valence-corrected chi connectivity index (χ3v) is 3.76. The summed E-state index contributed by atoms with van der Waals surface area (Å²) in [5.41, 5.74) is 0. The molecule has 1 heterocycles. The number of carbonyl (C=O) groups excluding carboxylic acids is 1. The van der Waals surface area contributed by atoms with Gasteiger partial charge < -0.3 is 19.1 Å². The zero-order valence-electron chi connectivity index (χ0n) is 11.4. The number of likely N-dealkylation sites (tertiary alicyclic amines) is 1. The predicted molar refractivity (Wildman–Crippen MR) is 66.3 cm³/mol. The minimum absolute atomic E-state index is 0.0328. The normalized spacial score (nSPS) is 29.6. The van der Waals surface area contributed by atoms with Crippen molar-refractivity contribution in [3.8, 4) is 0 Å². The number of hydrogen-bond donors (Lipinski definition) is 0. The third kappa shape index (κ3) is 3.22. The van der Waals surface area contributed by atoms with Crippen molar-refractivity contribution in [3.63, 3.8) is 0 Å². The molecular formula is C13H23NO4. The Balaban J connectivity index is 1.80. The van der Waals surface area contributed by atoms with Crippen molar-refractivity contribution in [1.82, 2.24) is 4.90 Å². The highest BCUT2D eigenvalue weighted by molar-refractivity contribution is 5.81. The summed E-state index contributed by atoms with van der Waals surface area (Å²) in [4.78, 5) is 14.0. The van der Waals surface area contributed by atoms with Gasteiger partial charge in [0.15, 0.2) is 0 Å². The quantitative estimate of drug-likeness (QED) is 0.702. The molecule has 1 aliphatic carbocycles. The van der Waals surface area contributed by atoms with Gasteiger partial charge in [0.2, 0.25) is 0 Å². The monoisotopic (exact) mass is 257 g/mol. The van der Waals surface area contributed by atoms with E-state index in [2.05, 4.69) is 0 Å². The molecule has 0 N–H and O–H groups in total. The van der Waals surface area contributed by atoms with Gasteiger partial charge in [-0.1, -0.05) is 0 Å². The van der Waals surface area contributed by atoms with Crippen LogP contribution in [0.2, 0.25) is 0 Å². The summed E-state index contributed by atoms with van der Waals surface area (Å²) in [6, 6.07) is 0. The van der Waals surface area contributed by atoms with Crippen molar-refractivity contribution >= 4 is 5.91 Å². The summed E-state index contributed by atoms with van der Waals surface area (Å²) in [6.45, 7) is 3.71. The Kier molecular flexibility index (Phi) is 4.59. The van der Waals surface area contributed by atoms with E-state index in [1.807, 2.05) is 6.92 Å². The van der Waals surface area contributed by atoms with Crippen molar-refractivity contribution < 1.29 is 19.0 Å². The highest BCUT2D eigenvalue weighted by Crippen LogP contribution is 2.29. The fourth-order valence-electron chi connectivity index (χ4n) is 2.27. The molecule has 1 saturated carbocycles. The first-order valence-corrected chi connectivity index (χ1v) is 6.61. The number of carbonyl (C=O) groups is 1. The molecular weight excluding hydrogens is 234 g/mol. The molecule has 0 bridgehead atoms. The standard InChI is InChI=1S/C13H23NO4/c1-9(18-8-10-4-5-10)13(15)14-6-11(16-2)12(7-14)17-3/h9-12H,4-8H2,1-3H3/t9?,11-,12+. The molecule has 0 radical (unpaired) electrons. The predicted octanol–water partition coefficient (Wildman–Crippen LogP) is 0.674. The largest absolute Gasteiger partial charge is 0.377 e. The molecule has 2 aliphatic rings. The number of ether oxygens (including phenoxy) is 3. The van der Waals surface area contributed by atoms with Crippen molar-refractivity contribution in [2.75, 3.05) is 33.9 Å². The van der Waals surface area contributed by atoms with Gasteiger partial charge in [0.1, 0.15) is 18.3 Å². The lowest BCUT2D eigenvalue weighted by atomic mass is 10.3. The topological polar surface area (TPSA) is 48.0 Å². The Bertz CT molecular complexity index is 281. The summed E-state index contributed by atoms with van der Waals surface area (Å²) in [5, 5.41) is 0. The molecule has 0 spiro atoms. The van der Waals surface area contributed by atoms with Crippen LogP contribution in [0.25, 0.3) is 0 Å². The molecule has 1 saturated heterocycles. The van der Waals surface area contributed by atoms with E-state index in [1.165, 1.54) is 12.8 Å². The number of rotatable bonds is 6. The molecule has 3 atom stereocenters. The second-order valence-corrected chi connectivity index (χ2v) is 5.21. The van der Waals surface area contributed by atoms with Crippen LogP contribution in [-0.4, -0.2) is 63.0 Å². The third-order valence-electron chi connectivity index (χ3n) is 3.76. The summed E-state index contributed by atoms with van der Waals surface area (Å²) >= 11 is 0. The van der Waals surface area contributed by atoms with E-state index < -0.39 is 0 Å². The molecule has 0 aromatic heterocycles. The van der Waals surface area contributed by atoms with Gasteiger partial charge in [0.05, 0.1) is 6.61 Å². The number of methoxy groups -OCH3 is 2. The van der Waals surface area contributed by atoms with E-state index >= 15 is 0 Å². The van der Waals surface area contributed by atoms with Gasteiger partial charge in [-0.15, -0.1) is 0 Å². The molecule has 1 unspecified atom stereocenters. The molecule has 2 fully saturated rings. The van der Waals surface area contributed by atoms with Gasteiger partial charge >= 0.3 is 0 Å². The molecule has 18 heavy (non-hydrogen) atoms. The van der Waals surface area contributed by atoms with Crippen molar-refractivity contribution in [2.45, 2.75) is 38.1 Å². The van der Waals surface area contributed by atoms with Crippen LogP contribution in [0.1, 0.15) is 19.8 Å². The number of nitrogens with zero attached hydrogens (tertiary/aromatic N) is 1. The van der Waals surface area contributed by atoms with Crippen molar-refractivity contribution in [1.29, 1.82) is 0 Å². The Morgan fingerprint density at radius 3 is 2.22 bits per heavy atom. The molecule has 104 valence electrons. The second kappa shape index (κ2) is 5.99. The highest BCUT2D eigenvalue weighted by Gasteiger charge is 2.37. The zero-order chi connectivity index (χ0) is 13.1. The average Bonchev–Trinajstić information content (AvgIpc) is 3.12. The molecule has 5 nitrogen and oxygen atoms in total. The van der Waals surface area contributed by atoms with Crippen LogP contribution in [0.15, 0.2) is 0 Å². The molecule has 0 aromatic carbocycles. The zero-order valence-corrected chi connectivity index (χ0v) is 11.4. The van der Waals surface area contributed by atoms with Gasteiger partial charge in [-0.2, -0.15) is 0 Å². The van der Waals surface area contributed by atoms with Crippen LogP contribution in [-0.2, 0) is 19.0 Å². The Hall–Kier alpha value is -0.650. The number of hydrogen-bond acceptors (Lipinski definition) is 4. The van der Waals surface area contributed by atoms with E-state index in [-0.39, 0.29) is 24.2 Å². The molecule has 0 aromatic rings. The van der Waals surface area contributed by atoms with Gasteiger partial charge in [-0.05, 0) is 25.7 Å². The Morgan fingerprint density at radius 1 is 1.22 bits per heavy atom. The fraction of sp³-hybridized carbons (Fsp3) is 0.923. The van der Waals surface area contributed by atoms with E-state index in [4.69, 9.17) is 14.2 Å². The first kappa shape index (κ1) is 13.8. The maximum absolute atomic E-state index is 12.2. The minimum Gasteiger partial charge on any atom is -0.377 e. The van der Waals surface area contributed by atoms with Crippen LogP contribution >= 0.6 is 0 Å². The van der Waals surface area contributed by atoms with Crippen LogP contribution in [0, 0.1) is 5.92 Å². The maximum atomic E-state index is 12.2. The first-order chi connectivity index (χ1) is 8.65. The van der Waals surface area contributed by atoms with Crippen molar-refractivity contribution in [2.24, 2.45) is 5.92 Å². The average molecular weight is 257 g/mol. The van der Waals surface area contributed by atoms with Crippen LogP contribution in [0.3, 0.4) is 0 Å².